The summed E-state index contributed by atoms with van der Waals surface area (Å²) in [5.41, 5.74) is -0.108. The topological polar surface area (TPSA) is 85.5 Å². The minimum absolute atomic E-state index is 0.0351. The van der Waals surface area contributed by atoms with Crippen molar-refractivity contribution in [2.45, 2.75) is 32.8 Å². The Kier molecular flexibility index (Phi) is 3.74. The molecule has 6 heteroatoms. The van der Waals surface area contributed by atoms with Crippen LogP contribution in [-0.2, 0) is 12.0 Å². The van der Waals surface area contributed by atoms with E-state index in [1.165, 1.54) is 6.07 Å². The average molecular weight is 276 g/mol. The van der Waals surface area contributed by atoms with Crippen molar-refractivity contribution in [3.63, 3.8) is 0 Å². The van der Waals surface area contributed by atoms with E-state index in [1.54, 1.807) is 18.2 Å². The lowest BCUT2D eigenvalue weighted by atomic mass is 9.96. The maximum atomic E-state index is 11.0. The van der Waals surface area contributed by atoms with Crippen LogP contribution in [0.1, 0.15) is 42.8 Å². The number of hydrogen-bond acceptors (Lipinski definition) is 5. The van der Waals surface area contributed by atoms with Gasteiger partial charge in [0.2, 0.25) is 0 Å². The van der Waals surface area contributed by atoms with Crippen molar-refractivity contribution < 1.29 is 19.2 Å². The molecule has 1 heterocycles. The summed E-state index contributed by atoms with van der Waals surface area (Å²) < 4.78 is 10.5. The molecule has 0 fully saturated rings. The van der Waals surface area contributed by atoms with Gasteiger partial charge in [0, 0.05) is 5.41 Å². The number of nitrogens with zero attached hydrogens (tertiary/aromatic N) is 2. The van der Waals surface area contributed by atoms with Crippen molar-refractivity contribution in [1.29, 1.82) is 0 Å². The van der Waals surface area contributed by atoms with Gasteiger partial charge < -0.3 is 14.4 Å². The predicted octanol–water partition coefficient (Wildman–Crippen LogP) is 2.64. The van der Waals surface area contributed by atoms with E-state index in [2.05, 4.69) is 10.1 Å². The Morgan fingerprint density at radius 3 is 2.65 bits per heavy atom. The van der Waals surface area contributed by atoms with Crippen molar-refractivity contribution in [1.82, 2.24) is 10.1 Å². The standard InChI is InChI=1S/C14H16N2O4/c1-14(2,3)13-15-11(20-16-13)8-19-10-7-5-4-6-9(10)12(17)18/h4-7H,8H2,1-3H3,(H,17,18). The molecule has 0 radical (unpaired) electrons. The third-order valence-corrected chi connectivity index (χ3v) is 2.61. The number of carboxylic acids is 1. The van der Waals surface area contributed by atoms with Crippen molar-refractivity contribution in [3.05, 3.63) is 41.5 Å². The third-order valence-electron chi connectivity index (χ3n) is 2.61. The van der Waals surface area contributed by atoms with Gasteiger partial charge in [0.05, 0.1) is 0 Å². The molecule has 1 aromatic heterocycles. The van der Waals surface area contributed by atoms with Gasteiger partial charge in [0.15, 0.2) is 12.4 Å². The van der Waals surface area contributed by atoms with Gasteiger partial charge >= 0.3 is 5.97 Å². The normalized spacial score (nSPS) is 11.3. The van der Waals surface area contributed by atoms with Crippen LogP contribution in [0.5, 0.6) is 5.75 Å². The quantitative estimate of drug-likeness (QED) is 0.923. The molecule has 0 saturated heterocycles. The first-order valence-corrected chi connectivity index (χ1v) is 6.16. The summed E-state index contributed by atoms with van der Waals surface area (Å²) in [5, 5.41) is 12.9. The number of carboxylic acid groups (broad SMARTS) is 1. The summed E-state index contributed by atoms with van der Waals surface area (Å²) in [6, 6.07) is 6.41. The summed E-state index contributed by atoms with van der Waals surface area (Å²) in [6.45, 7) is 5.96. The van der Waals surface area contributed by atoms with Crippen LogP contribution in [-0.4, -0.2) is 21.2 Å². The second-order valence-electron chi connectivity index (χ2n) is 5.35. The first-order valence-electron chi connectivity index (χ1n) is 6.16. The molecule has 0 aliphatic carbocycles. The zero-order valence-electron chi connectivity index (χ0n) is 11.6. The van der Waals surface area contributed by atoms with Crippen molar-refractivity contribution in [2.24, 2.45) is 0 Å². The van der Waals surface area contributed by atoms with E-state index in [-0.39, 0.29) is 23.3 Å². The number of para-hydroxylation sites is 1. The van der Waals surface area contributed by atoms with Gasteiger partial charge in [-0.1, -0.05) is 38.1 Å². The van der Waals surface area contributed by atoms with Gasteiger partial charge in [-0.3, -0.25) is 0 Å². The Balaban J connectivity index is 2.10. The lowest BCUT2D eigenvalue weighted by molar-refractivity contribution is 0.0691. The number of ether oxygens (including phenoxy) is 1. The number of aromatic nitrogens is 2. The molecule has 0 atom stereocenters. The third kappa shape index (κ3) is 3.14. The number of rotatable bonds is 4. The molecular formula is C14H16N2O4. The fraction of sp³-hybridized carbons (Fsp3) is 0.357. The maximum absolute atomic E-state index is 11.0. The Morgan fingerprint density at radius 2 is 2.05 bits per heavy atom. The Morgan fingerprint density at radius 1 is 1.35 bits per heavy atom. The SMILES string of the molecule is CC(C)(C)c1noc(COc2ccccc2C(=O)O)n1. The maximum Gasteiger partial charge on any atom is 0.339 e. The molecule has 2 aromatic rings. The average Bonchev–Trinajstić information content (AvgIpc) is 2.85. The van der Waals surface area contributed by atoms with E-state index < -0.39 is 5.97 Å². The first kappa shape index (κ1) is 14.0. The second kappa shape index (κ2) is 5.32. The summed E-state index contributed by atoms with van der Waals surface area (Å²) in [7, 11) is 0. The highest BCUT2D eigenvalue weighted by Gasteiger charge is 2.21. The summed E-state index contributed by atoms with van der Waals surface area (Å²) in [5.74, 6) is 0.134. The van der Waals surface area contributed by atoms with Crippen LogP contribution in [0.25, 0.3) is 0 Å². The minimum atomic E-state index is -1.04. The van der Waals surface area contributed by atoms with E-state index >= 15 is 0 Å². The Hall–Kier alpha value is -2.37. The van der Waals surface area contributed by atoms with Gasteiger partial charge in [0.25, 0.3) is 5.89 Å². The lowest BCUT2D eigenvalue weighted by Crippen LogP contribution is -2.13. The molecule has 0 aliphatic heterocycles. The van der Waals surface area contributed by atoms with E-state index in [0.717, 1.165) is 0 Å². The lowest BCUT2D eigenvalue weighted by Gasteiger charge is -2.11. The molecule has 20 heavy (non-hydrogen) atoms. The predicted molar refractivity (Wildman–Crippen MR) is 70.7 cm³/mol. The van der Waals surface area contributed by atoms with Crippen molar-refractivity contribution in [3.8, 4) is 5.75 Å². The molecule has 1 N–H and O–H groups in total. The second-order valence-corrected chi connectivity index (χ2v) is 5.35. The van der Waals surface area contributed by atoms with E-state index in [0.29, 0.717) is 11.7 Å². The Bertz CT molecular complexity index is 614. The monoisotopic (exact) mass is 276 g/mol. The number of carbonyl (C=O) groups is 1. The fourth-order valence-electron chi connectivity index (χ4n) is 1.53. The van der Waals surface area contributed by atoms with Crippen LogP contribution in [0, 0.1) is 0 Å². The van der Waals surface area contributed by atoms with Crippen molar-refractivity contribution in [2.75, 3.05) is 0 Å². The highest BCUT2D eigenvalue weighted by Crippen LogP contribution is 2.21. The number of hydrogen-bond donors (Lipinski definition) is 1. The molecule has 0 bridgehead atoms. The molecule has 6 nitrogen and oxygen atoms in total. The summed E-state index contributed by atoms with van der Waals surface area (Å²) in [4.78, 5) is 15.3. The van der Waals surface area contributed by atoms with Gasteiger partial charge in [0.1, 0.15) is 11.3 Å². The van der Waals surface area contributed by atoms with Crippen LogP contribution in [0.2, 0.25) is 0 Å². The van der Waals surface area contributed by atoms with E-state index in [1.807, 2.05) is 20.8 Å². The number of benzene rings is 1. The zero-order chi connectivity index (χ0) is 14.8. The molecule has 0 unspecified atom stereocenters. The molecule has 0 aliphatic rings. The fourth-order valence-corrected chi connectivity index (χ4v) is 1.53. The molecule has 0 amide bonds. The minimum Gasteiger partial charge on any atom is -0.483 e. The molecule has 106 valence electrons. The van der Waals surface area contributed by atoms with E-state index in [4.69, 9.17) is 14.4 Å². The highest BCUT2D eigenvalue weighted by molar-refractivity contribution is 5.90. The van der Waals surface area contributed by atoms with Gasteiger partial charge in [-0.05, 0) is 12.1 Å². The smallest absolute Gasteiger partial charge is 0.339 e. The largest absolute Gasteiger partial charge is 0.483 e. The van der Waals surface area contributed by atoms with E-state index in [9.17, 15) is 4.79 Å². The van der Waals surface area contributed by atoms with Crippen LogP contribution in [0.3, 0.4) is 0 Å². The molecular weight excluding hydrogens is 260 g/mol. The first-order chi connectivity index (χ1) is 9.38. The summed E-state index contributed by atoms with van der Waals surface area (Å²) in [6.07, 6.45) is 0. The van der Waals surface area contributed by atoms with Crippen LogP contribution < -0.4 is 4.74 Å². The highest BCUT2D eigenvalue weighted by atomic mass is 16.5. The van der Waals surface area contributed by atoms with Crippen molar-refractivity contribution >= 4 is 5.97 Å². The number of aromatic carboxylic acids is 1. The Labute approximate surface area is 116 Å². The van der Waals surface area contributed by atoms with Crippen LogP contribution in [0.15, 0.2) is 28.8 Å². The molecule has 1 aromatic carbocycles. The molecule has 0 spiro atoms. The summed E-state index contributed by atoms with van der Waals surface area (Å²) >= 11 is 0. The van der Waals surface area contributed by atoms with Gasteiger partial charge in [-0.25, -0.2) is 4.79 Å². The van der Waals surface area contributed by atoms with Gasteiger partial charge in [-0.15, -0.1) is 0 Å². The van der Waals surface area contributed by atoms with Crippen LogP contribution in [0.4, 0.5) is 0 Å². The molecule has 2 rings (SSSR count). The van der Waals surface area contributed by atoms with Gasteiger partial charge in [-0.2, -0.15) is 4.98 Å². The van der Waals surface area contributed by atoms with Crippen LogP contribution >= 0.6 is 0 Å². The molecule has 0 saturated carbocycles. The zero-order valence-corrected chi connectivity index (χ0v) is 11.6.